The van der Waals surface area contributed by atoms with Crippen LogP contribution in [0.1, 0.15) is 54.7 Å². The molecule has 0 radical (unpaired) electrons. The molecule has 28 heavy (non-hydrogen) atoms. The quantitative estimate of drug-likeness (QED) is 0.654. The highest BCUT2D eigenvalue weighted by molar-refractivity contribution is 5.96. The normalized spacial score (nSPS) is 12.1. The summed E-state index contributed by atoms with van der Waals surface area (Å²) >= 11 is 0. The lowest BCUT2D eigenvalue weighted by Gasteiger charge is -2.16. The highest BCUT2D eigenvalue weighted by Crippen LogP contribution is 2.28. The van der Waals surface area contributed by atoms with Crippen molar-refractivity contribution < 1.29 is 9.90 Å². The number of benzene rings is 2. The van der Waals surface area contributed by atoms with Crippen LogP contribution in [0.3, 0.4) is 0 Å². The van der Waals surface area contributed by atoms with E-state index in [-0.39, 0.29) is 17.2 Å². The number of carbonyl (C=O) groups is 1. The minimum Gasteiger partial charge on any atom is -0.478 e. The van der Waals surface area contributed by atoms with E-state index in [4.69, 9.17) is 0 Å². The van der Waals surface area contributed by atoms with Crippen molar-refractivity contribution in [3.05, 3.63) is 82.0 Å². The lowest BCUT2D eigenvalue weighted by Crippen LogP contribution is -2.25. The Bertz CT molecular complexity index is 1050. The molecular formula is C23H26N2O3. The molecule has 2 aromatic carbocycles. The third-order valence-corrected chi connectivity index (χ3v) is 5.33. The number of hydrogen-bond donors (Lipinski definition) is 1. The fourth-order valence-corrected chi connectivity index (χ4v) is 3.53. The van der Waals surface area contributed by atoms with Crippen molar-refractivity contribution in [3.63, 3.8) is 0 Å². The Kier molecular flexibility index (Phi) is 5.83. The topological polar surface area (TPSA) is 64.2 Å². The lowest BCUT2D eigenvalue weighted by atomic mass is 9.95. The maximum Gasteiger partial charge on any atom is 0.336 e. The molecule has 146 valence electrons. The molecule has 0 amide bonds. The van der Waals surface area contributed by atoms with E-state index in [1.165, 1.54) is 0 Å². The van der Waals surface area contributed by atoms with Gasteiger partial charge < -0.3 is 5.11 Å². The van der Waals surface area contributed by atoms with Gasteiger partial charge in [0.25, 0.3) is 0 Å². The highest BCUT2D eigenvalue weighted by atomic mass is 16.4. The third-order valence-electron chi connectivity index (χ3n) is 5.33. The predicted molar refractivity (Wildman–Crippen MR) is 111 cm³/mol. The molecular weight excluding hydrogens is 352 g/mol. The molecule has 0 saturated carbocycles. The smallest absolute Gasteiger partial charge is 0.336 e. The molecule has 1 atom stereocenters. The number of aromatic carboxylic acids is 1. The Hall–Kier alpha value is -3.08. The van der Waals surface area contributed by atoms with E-state index in [2.05, 4.69) is 13.8 Å². The molecule has 0 spiro atoms. The van der Waals surface area contributed by atoms with Crippen LogP contribution < -0.4 is 5.69 Å². The van der Waals surface area contributed by atoms with Crippen LogP contribution in [-0.4, -0.2) is 20.2 Å². The number of aromatic nitrogens is 2. The summed E-state index contributed by atoms with van der Waals surface area (Å²) < 4.78 is 3.55. The minimum absolute atomic E-state index is 0.0286. The summed E-state index contributed by atoms with van der Waals surface area (Å²) in [6.07, 6.45) is 2.89. The second kappa shape index (κ2) is 8.30. The van der Waals surface area contributed by atoms with E-state index in [1.807, 2.05) is 54.1 Å². The molecule has 5 heteroatoms. The van der Waals surface area contributed by atoms with E-state index in [1.54, 1.807) is 16.7 Å². The lowest BCUT2D eigenvalue weighted by molar-refractivity contribution is 0.0697. The molecule has 0 aliphatic carbocycles. The number of hydrogen-bond acceptors (Lipinski definition) is 2. The summed E-state index contributed by atoms with van der Waals surface area (Å²) in [5, 5.41) is 9.58. The van der Waals surface area contributed by atoms with Crippen molar-refractivity contribution in [2.24, 2.45) is 0 Å². The minimum atomic E-state index is -0.958. The van der Waals surface area contributed by atoms with E-state index < -0.39 is 5.97 Å². The van der Waals surface area contributed by atoms with Gasteiger partial charge in [-0.1, -0.05) is 56.3 Å². The van der Waals surface area contributed by atoms with Crippen LogP contribution in [0, 0.1) is 0 Å². The van der Waals surface area contributed by atoms with Gasteiger partial charge in [0, 0.05) is 18.4 Å². The van der Waals surface area contributed by atoms with E-state index >= 15 is 0 Å². The van der Waals surface area contributed by atoms with Crippen LogP contribution in [0.25, 0.3) is 11.1 Å². The Morgan fingerprint density at radius 2 is 1.68 bits per heavy atom. The van der Waals surface area contributed by atoms with Crippen LogP contribution in [0.4, 0.5) is 0 Å². The predicted octanol–water partition coefficient (Wildman–Crippen LogP) is 4.60. The van der Waals surface area contributed by atoms with Crippen LogP contribution in [0.15, 0.2) is 59.5 Å². The molecule has 0 aliphatic rings. The number of carboxylic acids is 1. The van der Waals surface area contributed by atoms with Crippen LogP contribution >= 0.6 is 0 Å². The van der Waals surface area contributed by atoms with Gasteiger partial charge in [0.1, 0.15) is 0 Å². The molecule has 0 fully saturated rings. The van der Waals surface area contributed by atoms with Crippen molar-refractivity contribution in [3.8, 4) is 11.1 Å². The van der Waals surface area contributed by atoms with Gasteiger partial charge in [-0.25, -0.2) is 9.59 Å². The van der Waals surface area contributed by atoms with Crippen molar-refractivity contribution in [2.45, 2.75) is 46.2 Å². The molecule has 0 bridgehead atoms. The summed E-state index contributed by atoms with van der Waals surface area (Å²) in [6.45, 7) is 7.23. The number of carboxylic acid groups (broad SMARTS) is 1. The van der Waals surface area contributed by atoms with Gasteiger partial charge in [0.2, 0.25) is 0 Å². The standard InChI is InChI=1S/C23H26N2O3/c1-4-16(3)21-15-24(5-2)23(28)25(21)14-17-10-6-7-11-18(17)19-12-8-9-13-20(19)22(26)27/h6-13,15-16H,4-5,14H2,1-3H3,(H,26,27). The van der Waals surface area contributed by atoms with Crippen molar-refractivity contribution in [2.75, 3.05) is 0 Å². The zero-order valence-corrected chi connectivity index (χ0v) is 16.6. The van der Waals surface area contributed by atoms with E-state index in [0.29, 0.717) is 18.7 Å². The molecule has 0 aliphatic heterocycles. The monoisotopic (exact) mass is 378 g/mol. The van der Waals surface area contributed by atoms with Crippen LogP contribution in [0.5, 0.6) is 0 Å². The molecule has 0 saturated heterocycles. The first-order valence-electron chi connectivity index (χ1n) is 9.68. The molecule has 1 N–H and O–H groups in total. The summed E-state index contributed by atoms with van der Waals surface area (Å²) in [7, 11) is 0. The molecule has 5 nitrogen and oxygen atoms in total. The van der Waals surface area contributed by atoms with Crippen molar-refractivity contribution in [1.82, 2.24) is 9.13 Å². The molecule has 3 rings (SSSR count). The SMILES string of the molecule is CCC(C)c1cn(CC)c(=O)n1Cc1ccccc1-c1ccccc1C(=O)O. The summed E-state index contributed by atoms with van der Waals surface area (Å²) in [4.78, 5) is 24.6. The van der Waals surface area contributed by atoms with Gasteiger partial charge in [-0.05, 0) is 42.0 Å². The maximum absolute atomic E-state index is 12.9. The van der Waals surface area contributed by atoms with Crippen LogP contribution in [-0.2, 0) is 13.1 Å². The van der Waals surface area contributed by atoms with Crippen molar-refractivity contribution in [1.29, 1.82) is 0 Å². The number of rotatable bonds is 7. The number of aryl methyl sites for hydroxylation is 1. The van der Waals surface area contributed by atoms with Gasteiger partial charge in [0.05, 0.1) is 12.1 Å². The maximum atomic E-state index is 12.9. The number of nitrogens with zero attached hydrogens (tertiary/aromatic N) is 2. The van der Waals surface area contributed by atoms with Gasteiger partial charge in [-0.2, -0.15) is 0 Å². The first-order valence-corrected chi connectivity index (χ1v) is 9.68. The fourth-order valence-electron chi connectivity index (χ4n) is 3.53. The van der Waals surface area contributed by atoms with Gasteiger partial charge in [-0.15, -0.1) is 0 Å². The Labute approximate surface area is 164 Å². The van der Waals surface area contributed by atoms with Crippen molar-refractivity contribution >= 4 is 5.97 Å². The summed E-state index contributed by atoms with van der Waals surface area (Å²) in [5.41, 5.74) is 3.67. The first-order chi connectivity index (χ1) is 13.5. The highest BCUT2D eigenvalue weighted by Gasteiger charge is 2.18. The first kappa shape index (κ1) is 19.7. The van der Waals surface area contributed by atoms with E-state index in [0.717, 1.165) is 23.2 Å². The second-order valence-corrected chi connectivity index (χ2v) is 7.03. The zero-order valence-electron chi connectivity index (χ0n) is 16.6. The largest absolute Gasteiger partial charge is 0.478 e. The average molecular weight is 378 g/mol. The Morgan fingerprint density at radius 1 is 1.04 bits per heavy atom. The zero-order chi connectivity index (χ0) is 20.3. The Morgan fingerprint density at radius 3 is 2.32 bits per heavy atom. The number of imidazole rings is 1. The van der Waals surface area contributed by atoms with Gasteiger partial charge in [0.15, 0.2) is 0 Å². The molecule has 3 aromatic rings. The van der Waals surface area contributed by atoms with Gasteiger partial charge in [-0.3, -0.25) is 9.13 Å². The fraction of sp³-hybridized carbons (Fsp3) is 0.304. The van der Waals surface area contributed by atoms with Crippen LogP contribution in [0.2, 0.25) is 0 Å². The molecule has 1 aromatic heterocycles. The Balaban J connectivity index is 2.14. The summed E-state index contributed by atoms with van der Waals surface area (Å²) in [5.74, 6) is -0.695. The molecule has 1 unspecified atom stereocenters. The summed E-state index contributed by atoms with van der Waals surface area (Å²) in [6, 6.07) is 14.7. The van der Waals surface area contributed by atoms with Gasteiger partial charge >= 0.3 is 11.7 Å². The van der Waals surface area contributed by atoms with E-state index in [9.17, 15) is 14.7 Å². The molecule has 1 heterocycles. The second-order valence-electron chi connectivity index (χ2n) is 7.03. The average Bonchev–Trinajstić information content (AvgIpc) is 3.03. The third kappa shape index (κ3) is 3.65.